The minimum atomic E-state index is -0.0170. The number of fused-ring (bicyclic) bond motifs is 1. The molecule has 1 heterocycles. The second kappa shape index (κ2) is 5.13. The molecule has 1 amide bonds. The highest BCUT2D eigenvalue weighted by molar-refractivity contribution is 6.41. The Labute approximate surface area is 113 Å². The Morgan fingerprint density at radius 3 is 2.68 bits per heavy atom. The Morgan fingerprint density at radius 1 is 1.21 bits per heavy atom. The summed E-state index contributed by atoms with van der Waals surface area (Å²) < 4.78 is 0. The summed E-state index contributed by atoms with van der Waals surface area (Å²) in [6, 6.07) is 8.48. The van der Waals surface area contributed by atoms with Gasteiger partial charge in [0.25, 0.3) is 5.91 Å². The summed E-state index contributed by atoms with van der Waals surface area (Å²) in [5.41, 5.74) is 8.57. The van der Waals surface area contributed by atoms with E-state index >= 15 is 0 Å². The fourth-order valence-corrected chi connectivity index (χ4v) is 2.80. The number of hydrogen-bond donors (Lipinski definition) is 2. The number of nitrogens with one attached hydrogen (secondary N) is 1. The highest BCUT2D eigenvalue weighted by Gasteiger charge is 2.24. The molecule has 1 aromatic rings. The largest absolute Gasteiger partial charge is 0.348 e. The molecule has 19 heavy (non-hydrogen) atoms. The summed E-state index contributed by atoms with van der Waals surface area (Å²) in [5, 5.41) is 3.09. The molecule has 1 aliphatic carbocycles. The van der Waals surface area contributed by atoms with Gasteiger partial charge in [-0.15, -0.1) is 0 Å². The average Bonchev–Trinajstić information content (AvgIpc) is 2.85. The minimum absolute atomic E-state index is 0.0170. The van der Waals surface area contributed by atoms with E-state index in [0.717, 1.165) is 36.9 Å². The molecule has 0 saturated heterocycles. The van der Waals surface area contributed by atoms with Crippen LogP contribution in [-0.4, -0.2) is 23.7 Å². The van der Waals surface area contributed by atoms with Crippen LogP contribution >= 0.6 is 0 Å². The van der Waals surface area contributed by atoms with E-state index in [1.807, 2.05) is 24.3 Å². The maximum Gasteiger partial charge on any atom is 0.266 e. The number of carbonyl (C=O) groups is 1. The van der Waals surface area contributed by atoms with Crippen molar-refractivity contribution in [1.29, 1.82) is 0 Å². The predicted octanol–water partition coefficient (Wildman–Crippen LogP) is 1.70. The Hall–Kier alpha value is -1.68. The maximum absolute atomic E-state index is 12.2. The van der Waals surface area contributed by atoms with Crippen LogP contribution in [0.3, 0.4) is 0 Å². The molecule has 0 radical (unpaired) electrons. The number of para-hydroxylation sites is 1. The molecule has 3 N–H and O–H groups in total. The van der Waals surface area contributed by atoms with Gasteiger partial charge in [-0.2, -0.15) is 0 Å². The maximum atomic E-state index is 12.2. The smallest absolute Gasteiger partial charge is 0.266 e. The van der Waals surface area contributed by atoms with Gasteiger partial charge in [0.15, 0.2) is 0 Å². The minimum Gasteiger partial charge on any atom is -0.348 e. The van der Waals surface area contributed by atoms with Gasteiger partial charge in [0, 0.05) is 18.5 Å². The number of nitrogens with zero attached hydrogens (tertiary/aromatic N) is 1. The molecule has 0 aromatic heterocycles. The zero-order valence-electron chi connectivity index (χ0n) is 10.9. The zero-order valence-corrected chi connectivity index (χ0v) is 10.9. The molecule has 0 spiro atoms. The molecule has 1 aromatic carbocycles. The first-order valence-electron chi connectivity index (χ1n) is 6.94. The number of rotatable bonds is 2. The summed E-state index contributed by atoms with van der Waals surface area (Å²) in [5.74, 6) is -0.0170. The number of aliphatic imine (C=N–C) groups is 1. The highest BCUT2D eigenvalue weighted by atomic mass is 16.2. The normalized spacial score (nSPS) is 25.6. The van der Waals surface area contributed by atoms with Crippen molar-refractivity contribution >= 4 is 17.3 Å². The molecule has 1 aliphatic heterocycles. The van der Waals surface area contributed by atoms with E-state index in [1.54, 1.807) is 0 Å². The van der Waals surface area contributed by atoms with Gasteiger partial charge in [-0.25, -0.2) is 4.99 Å². The average molecular weight is 257 g/mol. The molecule has 0 bridgehead atoms. The van der Waals surface area contributed by atoms with Crippen molar-refractivity contribution in [2.75, 3.05) is 0 Å². The fourth-order valence-electron chi connectivity index (χ4n) is 2.80. The van der Waals surface area contributed by atoms with E-state index in [2.05, 4.69) is 10.3 Å². The predicted molar refractivity (Wildman–Crippen MR) is 75.6 cm³/mol. The molecular formula is C15H19N3O. The van der Waals surface area contributed by atoms with Crippen molar-refractivity contribution in [3.63, 3.8) is 0 Å². The van der Waals surface area contributed by atoms with Gasteiger partial charge in [0.2, 0.25) is 0 Å². The van der Waals surface area contributed by atoms with Crippen LogP contribution in [0.25, 0.3) is 0 Å². The van der Waals surface area contributed by atoms with Crippen molar-refractivity contribution in [3.8, 4) is 0 Å². The molecule has 0 unspecified atom stereocenters. The zero-order chi connectivity index (χ0) is 13.2. The van der Waals surface area contributed by atoms with Gasteiger partial charge in [-0.05, 0) is 37.3 Å². The topological polar surface area (TPSA) is 67.5 Å². The van der Waals surface area contributed by atoms with Gasteiger partial charge in [0.05, 0.1) is 5.69 Å². The first kappa shape index (κ1) is 12.4. The quantitative estimate of drug-likeness (QED) is 0.846. The number of nitrogens with two attached hydrogens (primary N) is 1. The van der Waals surface area contributed by atoms with Crippen molar-refractivity contribution in [2.24, 2.45) is 10.7 Å². The third-order valence-electron chi connectivity index (χ3n) is 3.97. The second-order valence-corrected chi connectivity index (χ2v) is 5.45. The molecule has 1 saturated carbocycles. The van der Waals surface area contributed by atoms with Crippen molar-refractivity contribution in [2.45, 2.75) is 44.2 Å². The third-order valence-corrected chi connectivity index (χ3v) is 3.97. The second-order valence-electron chi connectivity index (χ2n) is 5.45. The van der Waals surface area contributed by atoms with E-state index in [4.69, 9.17) is 5.73 Å². The van der Waals surface area contributed by atoms with Crippen LogP contribution in [0.5, 0.6) is 0 Å². The molecule has 2 aliphatic rings. The van der Waals surface area contributed by atoms with Gasteiger partial charge in [-0.1, -0.05) is 18.2 Å². The summed E-state index contributed by atoms with van der Waals surface area (Å²) >= 11 is 0. The van der Waals surface area contributed by atoms with Crippen LogP contribution in [0, 0.1) is 0 Å². The van der Waals surface area contributed by atoms with Crippen LogP contribution in [0.4, 0.5) is 5.69 Å². The van der Waals surface area contributed by atoms with Gasteiger partial charge in [0.1, 0.15) is 5.71 Å². The molecule has 100 valence electrons. The molecule has 1 fully saturated rings. The lowest BCUT2D eigenvalue weighted by Crippen LogP contribution is -2.43. The van der Waals surface area contributed by atoms with E-state index in [0.29, 0.717) is 18.2 Å². The monoisotopic (exact) mass is 257 g/mol. The Kier molecular flexibility index (Phi) is 3.34. The fraction of sp³-hybridized carbons (Fsp3) is 0.467. The summed E-state index contributed by atoms with van der Waals surface area (Å²) in [7, 11) is 0. The summed E-state index contributed by atoms with van der Waals surface area (Å²) in [6.45, 7) is 0. The first-order valence-corrected chi connectivity index (χ1v) is 6.94. The lowest BCUT2D eigenvalue weighted by molar-refractivity contribution is -0.115. The number of carbonyl (C=O) groups excluding carboxylic acids is 1. The van der Waals surface area contributed by atoms with E-state index in [-0.39, 0.29) is 11.9 Å². The van der Waals surface area contributed by atoms with Crippen LogP contribution in [-0.2, 0) is 11.2 Å². The third kappa shape index (κ3) is 2.68. The van der Waals surface area contributed by atoms with E-state index < -0.39 is 0 Å². The van der Waals surface area contributed by atoms with E-state index in [9.17, 15) is 4.79 Å². The van der Waals surface area contributed by atoms with Gasteiger partial charge in [-0.3, -0.25) is 4.79 Å². The lowest BCUT2D eigenvalue weighted by Gasteiger charge is -2.26. The van der Waals surface area contributed by atoms with Gasteiger partial charge < -0.3 is 11.1 Å². The van der Waals surface area contributed by atoms with Crippen LogP contribution in [0.2, 0.25) is 0 Å². The first-order chi connectivity index (χ1) is 9.22. The SMILES string of the molecule is NC1CCC(NC(=O)C2=Nc3ccccc3C2)CC1. The molecule has 4 heteroatoms. The van der Waals surface area contributed by atoms with Crippen LogP contribution < -0.4 is 11.1 Å². The molecule has 3 rings (SSSR count). The summed E-state index contributed by atoms with van der Waals surface area (Å²) in [6.07, 6.45) is 4.60. The molecular weight excluding hydrogens is 238 g/mol. The Morgan fingerprint density at radius 2 is 1.95 bits per heavy atom. The lowest BCUT2D eigenvalue weighted by atomic mass is 9.91. The van der Waals surface area contributed by atoms with Crippen molar-refractivity contribution in [3.05, 3.63) is 29.8 Å². The standard InChI is InChI=1S/C15H19N3O/c16-11-5-7-12(8-6-11)17-15(19)14-9-10-3-1-2-4-13(10)18-14/h1-4,11-12H,5-9,16H2,(H,17,19). The number of hydrogen-bond acceptors (Lipinski definition) is 3. The highest BCUT2D eigenvalue weighted by Crippen LogP contribution is 2.26. The molecule has 0 atom stereocenters. The Bertz CT molecular complexity index is 516. The van der Waals surface area contributed by atoms with Crippen molar-refractivity contribution < 1.29 is 4.79 Å². The number of benzene rings is 1. The molecule has 4 nitrogen and oxygen atoms in total. The van der Waals surface area contributed by atoms with E-state index in [1.165, 1.54) is 0 Å². The Balaban J connectivity index is 1.61. The van der Waals surface area contributed by atoms with Crippen molar-refractivity contribution in [1.82, 2.24) is 5.32 Å². The van der Waals surface area contributed by atoms with Gasteiger partial charge >= 0.3 is 0 Å². The number of amides is 1. The summed E-state index contributed by atoms with van der Waals surface area (Å²) in [4.78, 5) is 16.6. The van der Waals surface area contributed by atoms with Crippen LogP contribution in [0.15, 0.2) is 29.3 Å². The van der Waals surface area contributed by atoms with Crippen LogP contribution in [0.1, 0.15) is 31.2 Å².